The van der Waals surface area contributed by atoms with E-state index in [9.17, 15) is 27.0 Å². The molecule has 17 nitrogen and oxygen atoms in total. The molecule has 19 heteroatoms. The third-order valence-electron chi connectivity index (χ3n) is 7.33. The van der Waals surface area contributed by atoms with E-state index < -0.39 is 20.0 Å². The second-order valence-electron chi connectivity index (χ2n) is 11.2. The van der Waals surface area contributed by atoms with Gasteiger partial charge in [0.1, 0.15) is 11.5 Å². The fourth-order valence-electron chi connectivity index (χ4n) is 5.13. The minimum absolute atomic E-state index is 0.0941. The maximum atomic E-state index is 13.5. The van der Waals surface area contributed by atoms with E-state index in [1.807, 2.05) is 0 Å². The van der Waals surface area contributed by atoms with Gasteiger partial charge < -0.3 is 10.2 Å². The van der Waals surface area contributed by atoms with Crippen molar-refractivity contribution in [2.75, 3.05) is 11.5 Å². The van der Waals surface area contributed by atoms with E-state index in [1.54, 1.807) is 58.0 Å². The van der Waals surface area contributed by atoms with Crippen LogP contribution in [0.25, 0.3) is 5.57 Å². The normalized spacial score (nSPS) is 13.8. The first kappa shape index (κ1) is 35.7. The van der Waals surface area contributed by atoms with Crippen LogP contribution in [-0.2, 0) is 20.0 Å². The smallest absolute Gasteiger partial charge is 0.248 e. The number of aromatic nitrogens is 8. The van der Waals surface area contributed by atoms with Crippen molar-refractivity contribution in [3.63, 3.8) is 0 Å². The number of phenols is 2. The average molecular weight is 722 g/mol. The molecule has 0 amide bonds. The Bertz CT molecular complexity index is 2130. The number of hydrogen-bond acceptors (Lipinski definition) is 14. The Labute approximate surface area is 288 Å². The lowest BCUT2D eigenvalue weighted by atomic mass is 9.87. The first-order chi connectivity index (χ1) is 23.8. The Morgan fingerprint density at radius 2 is 1.30 bits per heavy atom. The molecule has 0 saturated carbocycles. The van der Waals surface area contributed by atoms with Gasteiger partial charge >= 0.3 is 0 Å². The van der Waals surface area contributed by atoms with Crippen molar-refractivity contribution in [2.24, 2.45) is 10.2 Å². The molecule has 2 aromatic carbocycles. The summed E-state index contributed by atoms with van der Waals surface area (Å²) in [6.45, 7) is 6.65. The van der Waals surface area contributed by atoms with Gasteiger partial charge in [0, 0.05) is 11.1 Å². The molecule has 0 aliphatic heterocycles. The van der Waals surface area contributed by atoms with Gasteiger partial charge in [0.05, 0.1) is 29.6 Å². The fourth-order valence-corrected chi connectivity index (χ4v) is 9.19. The van der Waals surface area contributed by atoms with Crippen LogP contribution in [0.1, 0.15) is 67.0 Å². The van der Waals surface area contributed by atoms with Crippen LogP contribution in [0.2, 0.25) is 0 Å². The first-order valence-corrected chi connectivity index (χ1v) is 18.7. The highest BCUT2D eigenvalue weighted by molar-refractivity contribution is 8.04. The molecule has 4 aromatic rings. The lowest BCUT2D eigenvalue weighted by Gasteiger charge is -2.27. The van der Waals surface area contributed by atoms with E-state index in [1.165, 1.54) is 46.3 Å². The quantitative estimate of drug-likeness (QED) is 0.190. The Morgan fingerprint density at radius 1 is 0.820 bits per heavy atom. The van der Waals surface area contributed by atoms with Crippen LogP contribution in [-0.4, -0.2) is 95.3 Å². The minimum atomic E-state index is -4.29. The van der Waals surface area contributed by atoms with Gasteiger partial charge in [0.2, 0.25) is 20.0 Å². The monoisotopic (exact) mass is 721 g/mol. The summed E-state index contributed by atoms with van der Waals surface area (Å²) in [7, 11) is -8.58. The largest absolute Gasteiger partial charge is 0.507 e. The molecule has 0 spiro atoms. The summed E-state index contributed by atoms with van der Waals surface area (Å²) in [5.74, 6) is -0.252. The van der Waals surface area contributed by atoms with E-state index in [-0.39, 0.29) is 59.1 Å². The molecule has 0 fully saturated rings. The number of allylic oxidation sites excluding steroid dienone is 4. The standard InChI is InChI=1S/C31H35N11O6S2/c1-5-14-49(45,46)42(50(47,48)15-6-2)26-9-7-8-25(18-26)31(27-16-23(10-12-29(27)43)19-32-40-21(3)34-36-38-40)28-17-24(11-13-30(28)44)20-33-41-22(4)35-37-39-41/h7,9-13,16-20,43-44H,5-6,8,14-15H2,1-4H3. The Morgan fingerprint density at radius 3 is 1.72 bits per heavy atom. The molecule has 0 atom stereocenters. The van der Waals surface area contributed by atoms with Gasteiger partial charge in [0.25, 0.3) is 0 Å². The highest BCUT2D eigenvalue weighted by Gasteiger charge is 2.35. The van der Waals surface area contributed by atoms with Crippen molar-refractivity contribution in [3.05, 3.63) is 99.8 Å². The Balaban J connectivity index is 1.75. The molecule has 262 valence electrons. The summed E-state index contributed by atoms with van der Waals surface area (Å²) in [4.78, 5) is 2.44. The predicted octanol–water partition coefficient (Wildman–Crippen LogP) is 2.88. The van der Waals surface area contributed by atoms with Crippen LogP contribution in [0.5, 0.6) is 11.5 Å². The van der Waals surface area contributed by atoms with Gasteiger partial charge in [-0.2, -0.15) is 13.9 Å². The summed E-state index contributed by atoms with van der Waals surface area (Å²) >= 11 is 0. The zero-order chi connectivity index (χ0) is 36.1. The second kappa shape index (κ2) is 14.9. The molecule has 0 unspecified atom stereocenters. The van der Waals surface area contributed by atoms with E-state index in [0.717, 1.165) is 0 Å². The number of aryl methyl sites for hydroxylation is 2. The van der Waals surface area contributed by atoms with Crippen molar-refractivity contribution in [1.29, 1.82) is 0 Å². The third kappa shape index (κ3) is 7.84. The average Bonchev–Trinajstić information content (AvgIpc) is 3.68. The Hall–Kier alpha value is -5.56. The molecule has 0 radical (unpaired) electrons. The summed E-state index contributed by atoms with van der Waals surface area (Å²) in [6.07, 6.45) is 8.06. The number of phenolic OH excluding ortho intramolecular Hbond substituents is 2. The molecule has 50 heavy (non-hydrogen) atoms. The first-order valence-electron chi connectivity index (χ1n) is 15.5. The summed E-state index contributed by atoms with van der Waals surface area (Å²) in [5.41, 5.74) is 2.13. The van der Waals surface area contributed by atoms with Crippen molar-refractivity contribution in [2.45, 2.75) is 47.0 Å². The SMILES string of the molecule is CCCS(=O)(=O)N(C1=CC(=C(c2cc(C=Nn3nnnc3C)ccc2O)c2cc(C=Nn3nnnc3C)ccc2O)CC=C1)S(=O)(=O)CCC. The van der Waals surface area contributed by atoms with Gasteiger partial charge in [-0.25, -0.2) is 16.8 Å². The van der Waals surface area contributed by atoms with Gasteiger partial charge in [0.15, 0.2) is 11.6 Å². The lowest BCUT2D eigenvalue weighted by molar-refractivity contribution is 0.471. The zero-order valence-electron chi connectivity index (χ0n) is 27.6. The second-order valence-corrected chi connectivity index (χ2v) is 15.3. The highest BCUT2D eigenvalue weighted by atomic mass is 32.3. The lowest BCUT2D eigenvalue weighted by Crippen LogP contribution is -2.39. The molecule has 0 bridgehead atoms. The van der Waals surface area contributed by atoms with Crippen molar-refractivity contribution in [1.82, 2.24) is 44.3 Å². The topological polar surface area (TPSA) is 224 Å². The van der Waals surface area contributed by atoms with E-state index in [4.69, 9.17) is 0 Å². The number of hydrogen-bond donors (Lipinski definition) is 2. The predicted molar refractivity (Wildman–Crippen MR) is 185 cm³/mol. The molecule has 2 heterocycles. The van der Waals surface area contributed by atoms with Crippen LogP contribution in [0, 0.1) is 13.8 Å². The van der Waals surface area contributed by atoms with Crippen LogP contribution < -0.4 is 0 Å². The minimum Gasteiger partial charge on any atom is -0.507 e. The van der Waals surface area contributed by atoms with Crippen molar-refractivity contribution >= 4 is 38.0 Å². The zero-order valence-corrected chi connectivity index (χ0v) is 29.3. The van der Waals surface area contributed by atoms with Crippen molar-refractivity contribution in [3.8, 4) is 11.5 Å². The van der Waals surface area contributed by atoms with Crippen LogP contribution in [0.15, 0.2) is 76.1 Å². The summed E-state index contributed by atoms with van der Waals surface area (Å²) < 4.78 is 54.4. The van der Waals surface area contributed by atoms with Gasteiger partial charge in [-0.15, -0.1) is 19.8 Å². The fraction of sp³-hybridized carbons (Fsp3) is 0.290. The summed E-state index contributed by atoms with van der Waals surface area (Å²) in [5, 5.41) is 53.5. The molecule has 1 aliphatic rings. The number of nitrogens with zero attached hydrogens (tertiary/aromatic N) is 11. The molecule has 5 rings (SSSR count). The van der Waals surface area contributed by atoms with Gasteiger partial charge in [-0.3, -0.25) is 0 Å². The molecule has 0 saturated heterocycles. The van der Waals surface area contributed by atoms with Gasteiger partial charge in [-0.1, -0.05) is 19.9 Å². The van der Waals surface area contributed by atoms with Crippen LogP contribution in [0.4, 0.5) is 0 Å². The molecule has 1 aliphatic carbocycles. The van der Waals surface area contributed by atoms with Crippen LogP contribution >= 0.6 is 0 Å². The van der Waals surface area contributed by atoms with Crippen molar-refractivity contribution < 1.29 is 27.0 Å². The highest BCUT2D eigenvalue weighted by Crippen LogP contribution is 2.41. The Kier molecular flexibility index (Phi) is 10.7. The third-order valence-corrected chi connectivity index (χ3v) is 12.0. The van der Waals surface area contributed by atoms with E-state index >= 15 is 0 Å². The number of sulfonamides is 2. The number of aromatic hydroxyl groups is 2. The number of tetrazole rings is 2. The van der Waals surface area contributed by atoms with E-state index in [0.29, 0.717) is 37.6 Å². The maximum Gasteiger partial charge on any atom is 0.248 e. The molecular weight excluding hydrogens is 687 g/mol. The summed E-state index contributed by atoms with van der Waals surface area (Å²) in [6, 6.07) is 9.35. The maximum absolute atomic E-state index is 13.5. The number of benzene rings is 2. The molecule has 2 aromatic heterocycles. The van der Waals surface area contributed by atoms with E-state index in [2.05, 4.69) is 41.3 Å². The van der Waals surface area contributed by atoms with Gasteiger partial charge in [-0.05, 0) is 125 Å². The molecule has 2 N–H and O–H groups in total. The number of rotatable bonds is 13. The van der Waals surface area contributed by atoms with Crippen LogP contribution in [0.3, 0.4) is 0 Å². The molecular formula is C31H35N11O6S2.